The van der Waals surface area contributed by atoms with Gasteiger partial charge in [0.25, 0.3) is 0 Å². The van der Waals surface area contributed by atoms with Crippen molar-refractivity contribution in [2.75, 3.05) is 4.90 Å². The van der Waals surface area contributed by atoms with E-state index in [0.29, 0.717) is 0 Å². The number of nitrogens with zero attached hydrogens (tertiary/aromatic N) is 2. The standard InChI is InChI=1S/C54H38N2/c1-4-17-39(18-5-1)42-21-14-25-46(37-42)55(45-35-33-41(34-36-45)49-28-11-10-27-48(49)40-19-6-2-7-20-40)47-26-15-22-43(38-47)50-30-16-32-53-54(50)51-29-12-13-31-52(51)56(53)44-23-8-3-9-24-44/h1-38H. The van der Waals surface area contributed by atoms with Crippen LogP contribution >= 0.6 is 0 Å². The van der Waals surface area contributed by atoms with Gasteiger partial charge in [0.05, 0.1) is 11.0 Å². The molecule has 1 heterocycles. The van der Waals surface area contributed by atoms with Gasteiger partial charge in [-0.15, -0.1) is 0 Å². The summed E-state index contributed by atoms with van der Waals surface area (Å²) in [5.41, 5.74) is 16.4. The average Bonchev–Trinajstić information content (AvgIpc) is 3.63. The summed E-state index contributed by atoms with van der Waals surface area (Å²) in [7, 11) is 0. The predicted octanol–water partition coefficient (Wildman–Crippen LogP) is 14.9. The number of benzene rings is 9. The third kappa shape index (κ3) is 6.04. The number of anilines is 3. The lowest BCUT2D eigenvalue weighted by molar-refractivity contribution is 1.18. The van der Waals surface area contributed by atoms with Crippen LogP contribution in [0.1, 0.15) is 0 Å². The molecule has 0 spiro atoms. The molecular weight excluding hydrogens is 677 g/mol. The van der Waals surface area contributed by atoms with Gasteiger partial charge in [-0.3, -0.25) is 0 Å². The van der Waals surface area contributed by atoms with Gasteiger partial charge in [0, 0.05) is 33.5 Å². The first-order valence-corrected chi connectivity index (χ1v) is 19.2. The van der Waals surface area contributed by atoms with Crippen LogP contribution in [0, 0.1) is 0 Å². The quantitative estimate of drug-likeness (QED) is 0.152. The molecule has 56 heavy (non-hydrogen) atoms. The molecule has 10 aromatic rings. The fraction of sp³-hybridized carbons (Fsp3) is 0. The maximum atomic E-state index is 2.39. The van der Waals surface area contributed by atoms with Crippen LogP contribution in [-0.2, 0) is 0 Å². The molecule has 0 fully saturated rings. The molecular formula is C54H38N2. The van der Waals surface area contributed by atoms with Crippen LogP contribution in [0.3, 0.4) is 0 Å². The van der Waals surface area contributed by atoms with E-state index >= 15 is 0 Å². The lowest BCUT2D eigenvalue weighted by atomic mass is 9.94. The lowest BCUT2D eigenvalue weighted by Gasteiger charge is -2.27. The molecule has 264 valence electrons. The maximum absolute atomic E-state index is 2.39. The van der Waals surface area contributed by atoms with Gasteiger partial charge in [-0.1, -0.05) is 170 Å². The molecule has 10 rings (SSSR count). The molecule has 0 saturated carbocycles. The second-order valence-corrected chi connectivity index (χ2v) is 14.1. The number of fused-ring (bicyclic) bond motifs is 3. The van der Waals surface area contributed by atoms with E-state index in [-0.39, 0.29) is 0 Å². The fourth-order valence-corrected chi connectivity index (χ4v) is 8.22. The molecule has 9 aromatic carbocycles. The molecule has 1 aromatic heterocycles. The fourth-order valence-electron chi connectivity index (χ4n) is 8.22. The van der Waals surface area contributed by atoms with E-state index in [2.05, 4.69) is 240 Å². The van der Waals surface area contributed by atoms with Gasteiger partial charge in [-0.25, -0.2) is 0 Å². The molecule has 0 aliphatic carbocycles. The third-order valence-corrected chi connectivity index (χ3v) is 10.8. The number of hydrogen-bond donors (Lipinski definition) is 0. The summed E-state index contributed by atoms with van der Waals surface area (Å²) < 4.78 is 2.39. The highest BCUT2D eigenvalue weighted by Crippen LogP contribution is 2.43. The second kappa shape index (κ2) is 14.4. The van der Waals surface area contributed by atoms with Crippen LogP contribution in [0.4, 0.5) is 17.1 Å². The van der Waals surface area contributed by atoms with Crippen LogP contribution < -0.4 is 4.90 Å². The van der Waals surface area contributed by atoms with Crippen LogP contribution in [0.15, 0.2) is 231 Å². The highest BCUT2D eigenvalue weighted by atomic mass is 15.1. The number of hydrogen-bond acceptors (Lipinski definition) is 1. The summed E-state index contributed by atoms with van der Waals surface area (Å²) in [5.74, 6) is 0. The number of para-hydroxylation sites is 2. The average molecular weight is 715 g/mol. The molecule has 0 aliphatic rings. The summed E-state index contributed by atoms with van der Waals surface area (Å²) in [4.78, 5) is 2.39. The molecule has 2 heteroatoms. The van der Waals surface area contributed by atoms with Gasteiger partial charge >= 0.3 is 0 Å². The Morgan fingerprint density at radius 3 is 1.46 bits per heavy atom. The first kappa shape index (κ1) is 33.2. The van der Waals surface area contributed by atoms with Gasteiger partial charge in [-0.2, -0.15) is 0 Å². The van der Waals surface area contributed by atoms with Gasteiger partial charge in [0.2, 0.25) is 0 Å². The predicted molar refractivity (Wildman–Crippen MR) is 237 cm³/mol. The van der Waals surface area contributed by atoms with Gasteiger partial charge in [0.15, 0.2) is 0 Å². The van der Waals surface area contributed by atoms with Crippen molar-refractivity contribution < 1.29 is 0 Å². The molecule has 0 aliphatic heterocycles. The van der Waals surface area contributed by atoms with Gasteiger partial charge in [-0.05, 0) is 105 Å². The number of rotatable bonds is 8. The smallest absolute Gasteiger partial charge is 0.0547 e. The Morgan fingerprint density at radius 1 is 0.286 bits per heavy atom. The van der Waals surface area contributed by atoms with Gasteiger partial charge in [0.1, 0.15) is 0 Å². The summed E-state index contributed by atoms with van der Waals surface area (Å²) >= 11 is 0. The Hall–Kier alpha value is -7.42. The van der Waals surface area contributed by atoms with E-state index in [0.717, 1.165) is 22.7 Å². The number of aromatic nitrogens is 1. The Labute approximate surface area is 327 Å². The van der Waals surface area contributed by atoms with Crippen molar-refractivity contribution in [3.05, 3.63) is 231 Å². The molecule has 0 radical (unpaired) electrons. The van der Waals surface area contributed by atoms with Crippen molar-refractivity contribution in [3.8, 4) is 50.2 Å². The first-order chi connectivity index (χ1) is 27.8. The van der Waals surface area contributed by atoms with E-state index in [4.69, 9.17) is 0 Å². The molecule has 0 unspecified atom stereocenters. The Bertz CT molecular complexity index is 2940. The lowest BCUT2D eigenvalue weighted by Crippen LogP contribution is -2.10. The highest BCUT2D eigenvalue weighted by molar-refractivity contribution is 6.16. The Morgan fingerprint density at radius 2 is 0.768 bits per heavy atom. The Balaban J connectivity index is 1.13. The Kier molecular flexibility index (Phi) is 8.55. The molecule has 0 saturated heterocycles. The highest BCUT2D eigenvalue weighted by Gasteiger charge is 2.19. The van der Waals surface area contributed by atoms with Crippen molar-refractivity contribution in [3.63, 3.8) is 0 Å². The van der Waals surface area contributed by atoms with Crippen LogP contribution in [0.2, 0.25) is 0 Å². The third-order valence-electron chi connectivity index (χ3n) is 10.8. The summed E-state index contributed by atoms with van der Waals surface area (Å²) in [6.07, 6.45) is 0. The normalized spacial score (nSPS) is 11.2. The van der Waals surface area contributed by atoms with Crippen LogP contribution in [0.5, 0.6) is 0 Å². The van der Waals surface area contributed by atoms with Crippen molar-refractivity contribution in [2.45, 2.75) is 0 Å². The van der Waals surface area contributed by atoms with Gasteiger partial charge < -0.3 is 9.47 Å². The van der Waals surface area contributed by atoms with Crippen molar-refractivity contribution in [1.29, 1.82) is 0 Å². The summed E-state index contributed by atoms with van der Waals surface area (Å²) in [5, 5.41) is 2.49. The zero-order valence-corrected chi connectivity index (χ0v) is 30.8. The minimum absolute atomic E-state index is 1.09. The van der Waals surface area contributed by atoms with Crippen LogP contribution in [-0.4, -0.2) is 4.57 Å². The summed E-state index contributed by atoms with van der Waals surface area (Å²) in [6.45, 7) is 0. The summed E-state index contributed by atoms with van der Waals surface area (Å²) in [6, 6.07) is 83.0. The first-order valence-electron chi connectivity index (χ1n) is 19.2. The minimum Gasteiger partial charge on any atom is -0.310 e. The zero-order valence-electron chi connectivity index (χ0n) is 30.8. The van der Waals surface area contributed by atoms with E-state index in [1.54, 1.807) is 0 Å². The topological polar surface area (TPSA) is 8.17 Å². The van der Waals surface area contributed by atoms with E-state index < -0.39 is 0 Å². The van der Waals surface area contributed by atoms with E-state index in [1.807, 2.05) is 0 Å². The van der Waals surface area contributed by atoms with Crippen molar-refractivity contribution >= 4 is 38.9 Å². The SMILES string of the molecule is c1ccc(-c2cccc(N(c3ccc(-c4ccccc4-c4ccccc4)cc3)c3cccc(-c4cccc5c4c4ccccc4n5-c4ccccc4)c3)c2)cc1. The van der Waals surface area contributed by atoms with E-state index in [9.17, 15) is 0 Å². The maximum Gasteiger partial charge on any atom is 0.0547 e. The molecule has 0 amide bonds. The van der Waals surface area contributed by atoms with E-state index in [1.165, 1.54) is 66.3 Å². The molecule has 0 N–H and O–H groups in total. The second-order valence-electron chi connectivity index (χ2n) is 14.1. The largest absolute Gasteiger partial charge is 0.310 e. The molecule has 0 atom stereocenters. The molecule has 2 nitrogen and oxygen atoms in total. The zero-order chi connectivity index (χ0) is 37.3. The van der Waals surface area contributed by atoms with Crippen LogP contribution in [0.25, 0.3) is 72.0 Å². The minimum atomic E-state index is 1.09. The monoisotopic (exact) mass is 714 g/mol. The van der Waals surface area contributed by atoms with Crippen molar-refractivity contribution in [1.82, 2.24) is 4.57 Å². The van der Waals surface area contributed by atoms with Crippen molar-refractivity contribution in [2.24, 2.45) is 0 Å². The molecule has 0 bridgehead atoms.